The number of nitrogen functional groups attached to an aromatic ring is 1. The van der Waals surface area contributed by atoms with Gasteiger partial charge in [-0.2, -0.15) is 8.42 Å². The van der Waals surface area contributed by atoms with Crippen LogP contribution in [0, 0.1) is 0 Å². The molecule has 5 nitrogen and oxygen atoms in total. The van der Waals surface area contributed by atoms with Gasteiger partial charge >= 0.3 is 0 Å². The summed E-state index contributed by atoms with van der Waals surface area (Å²) in [5.41, 5.74) is 8.35. The van der Waals surface area contributed by atoms with E-state index < -0.39 is 10.1 Å². The molecule has 4 N–H and O–H groups in total. The molecule has 0 fully saturated rings. The number of benzene rings is 1. The van der Waals surface area contributed by atoms with Gasteiger partial charge in [0.1, 0.15) is 5.75 Å². The third-order valence-electron chi connectivity index (χ3n) is 2.81. The second-order valence-corrected chi connectivity index (χ2v) is 8.66. The molecule has 0 atom stereocenters. The Morgan fingerprint density at radius 1 is 1.00 bits per heavy atom. The highest BCUT2D eigenvalue weighted by atomic mass is 32.2. The van der Waals surface area contributed by atoms with Crippen LogP contribution in [-0.2, 0) is 20.9 Å². The highest BCUT2D eigenvalue weighted by molar-refractivity contribution is 7.85. The molecule has 0 aliphatic rings. The molecule has 0 aliphatic carbocycles. The number of anilines is 1. The topological polar surface area (TPSA) is 101 Å². The van der Waals surface area contributed by atoms with Crippen LogP contribution in [0.5, 0.6) is 5.75 Å². The summed E-state index contributed by atoms with van der Waals surface area (Å²) in [7, 11) is -3.67. The predicted molar refractivity (Wildman–Crippen MR) is 87.4 cm³/mol. The largest absolute Gasteiger partial charge is 0.505 e. The Labute approximate surface area is 127 Å². The van der Waals surface area contributed by atoms with Gasteiger partial charge in [-0.15, -0.1) is 0 Å². The van der Waals surface area contributed by atoms with E-state index in [1.807, 2.05) is 6.07 Å². The summed E-state index contributed by atoms with van der Waals surface area (Å²) in [5.74, 6) is 0.223. The molecule has 0 aromatic heterocycles. The van der Waals surface area contributed by atoms with Crippen LogP contribution in [-0.4, -0.2) is 24.3 Å². The molecule has 0 aliphatic heterocycles. The summed E-state index contributed by atoms with van der Waals surface area (Å²) >= 11 is 0. The molecule has 0 saturated heterocycles. The predicted octanol–water partition coefficient (Wildman–Crippen LogP) is 3.07. The van der Waals surface area contributed by atoms with Gasteiger partial charge in [-0.05, 0) is 22.5 Å². The number of rotatable bonds is 0. The maximum Gasteiger partial charge on any atom is 0.261 e. The van der Waals surface area contributed by atoms with Crippen LogP contribution in [0.1, 0.15) is 52.7 Å². The Balaban J connectivity index is 0.000000690. The molecule has 0 amide bonds. The first-order chi connectivity index (χ1) is 9.03. The molecular weight excluding hydrogens is 290 g/mol. The molecule has 0 saturated carbocycles. The lowest BCUT2D eigenvalue weighted by atomic mass is 9.80. The van der Waals surface area contributed by atoms with Crippen molar-refractivity contribution in [2.24, 2.45) is 0 Å². The van der Waals surface area contributed by atoms with Crippen molar-refractivity contribution < 1.29 is 18.1 Å². The zero-order chi connectivity index (χ0) is 17.2. The lowest BCUT2D eigenvalue weighted by molar-refractivity contribution is 0.447. The van der Waals surface area contributed by atoms with Crippen molar-refractivity contribution in [1.82, 2.24) is 0 Å². The first-order valence-corrected chi connectivity index (χ1v) is 8.44. The van der Waals surface area contributed by atoms with Gasteiger partial charge in [0.2, 0.25) is 0 Å². The molecular formula is C15H27NO4S. The minimum atomic E-state index is -3.67. The Bertz CT molecular complexity index is 585. The molecule has 0 bridgehead atoms. The Morgan fingerprint density at radius 2 is 1.38 bits per heavy atom. The fourth-order valence-electron chi connectivity index (χ4n) is 1.66. The van der Waals surface area contributed by atoms with E-state index in [-0.39, 0.29) is 16.6 Å². The third-order valence-corrected chi connectivity index (χ3v) is 2.81. The highest BCUT2D eigenvalue weighted by Crippen LogP contribution is 2.38. The minimum Gasteiger partial charge on any atom is -0.505 e. The highest BCUT2D eigenvalue weighted by Gasteiger charge is 2.23. The molecule has 0 spiro atoms. The Hall–Kier alpha value is -1.27. The number of hydrogen-bond acceptors (Lipinski definition) is 4. The van der Waals surface area contributed by atoms with E-state index in [9.17, 15) is 13.5 Å². The maximum atomic E-state index is 10.00. The van der Waals surface area contributed by atoms with Crippen LogP contribution >= 0.6 is 0 Å². The summed E-state index contributed by atoms with van der Waals surface area (Å²) in [6.07, 6.45) is 0.715. The van der Waals surface area contributed by atoms with Gasteiger partial charge in [0, 0.05) is 5.56 Å². The summed E-state index contributed by atoms with van der Waals surface area (Å²) in [4.78, 5) is 0. The van der Waals surface area contributed by atoms with E-state index in [0.717, 1.165) is 11.1 Å². The molecule has 1 rings (SSSR count). The first kappa shape index (κ1) is 19.7. The van der Waals surface area contributed by atoms with Crippen LogP contribution in [0.25, 0.3) is 0 Å². The summed E-state index contributed by atoms with van der Waals surface area (Å²) < 4.78 is 25.9. The van der Waals surface area contributed by atoms with Crippen LogP contribution in [0.4, 0.5) is 5.69 Å². The quantitative estimate of drug-likeness (QED) is 0.388. The second-order valence-electron chi connectivity index (χ2n) is 7.19. The number of phenols is 1. The van der Waals surface area contributed by atoms with Crippen molar-refractivity contribution in [3.8, 4) is 5.75 Å². The normalized spacial score (nSPS) is 12.6. The van der Waals surface area contributed by atoms with Crippen molar-refractivity contribution >= 4 is 15.8 Å². The van der Waals surface area contributed by atoms with E-state index in [2.05, 4.69) is 47.6 Å². The van der Waals surface area contributed by atoms with E-state index >= 15 is 0 Å². The van der Waals surface area contributed by atoms with Crippen LogP contribution in [0.3, 0.4) is 0 Å². The molecule has 0 unspecified atom stereocenters. The smallest absolute Gasteiger partial charge is 0.261 e. The Morgan fingerprint density at radius 3 is 1.67 bits per heavy atom. The fraction of sp³-hybridized carbons (Fsp3) is 0.600. The van der Waals surface area contributed by atoms with Gasteiger partial charge in [0.05, 0.1) is 11.9 Å². The monoisotopic (exact) mass is 317 g/mol. The number of nitrogens with two attached hydrogens (primary N) is 1. The number of aromatic hydroxyl groups is 1. The standard InChI is InChI=1S/C14H23NO.CH4O3S/c1-13(2,3)9-7-10(14(4,5)6)12(16)11(15)8-9;1-5(2,3)4/h7-8,16H,15H2,1-6H3;1H3,(H,2,3,4). The Kier molecular flexibility index (Phi) is 5.86. The van der Waals surface area contributed by atoms with Crippen molar-refractivity contribution in [3.63, 3.8) is 0 Å². The minimum absolute atomic E-state index is 0.0435. The van der Waals surface area contributed by atoms with E-state index in [1.165, 1.54) is 0 Å². The lowest BCUT2D eigenvalue weighted by Gasteiger charge is -2.26. The molecule has 21 heavy (non-hydrogen) atoms. The van der Waals surface area contributed by atoms with Crippen molar-refractivity contribution in [2.75, 3.05) is 12.0 Å². The molecule has 1 aromatic rings. The molecule has 0 radical (unpaired) electrons. The van der Waals surface area contributed by atoms with Crippen LogP contribution in [0.15, 0.2) is 12.1 Å². The number of phenolic OH excluding ortho intramolecular Hbond substituents is 1. The average molecular weight is 317 g/mol. The van der Waals surface area contributed by atoms with E-state index in [1.54, 1.807) is 0 Å². The van der Waals surface area contributed by atoms with Crippen molar-refractivity contribution in [1.29, 1.82) is 0 Å². The average Bonchev–Trinajstić information content (AvgIpc) is 2.15. The maximum absolute atomic E-state index is 10.00. The molecule has 6 heteroatoms. The van der Waals surface area contributed by atoms with E-state index in [4.69, 9.17) is 10.3 Å². The van der Waals surface area contributed by atoms with Gasteiger partial charge in [-0.1, -0.05) is 47.6 Å². The number of hydrogen-bond donors (Lipinski definition) is 3. The summed E-state index contributed by atoms with van der Waals surface area (Å²) in [6.45, 7) is 12.7. The fourth-order valence-corrected chi connectivity index (χ4v) is 1.66. The first-order valence-electron chi connectivity index (χ1n) is 6.59. The van der Waals surface area contributed by atoms with Gasteiger partial charge in [-0.3, -0.25) is 4.55 Å². The zero-order valence-corrected chi connectivity index (χ0v) is 14.7. The van der Waals surface area contributed by atoms with Gasteiger partial charge in [-0.25, -0.2) is 0 Å². The molecule has 1 aromatic carbocycles. The van der Waals surface area contributed by atoms with Gasteiger partial charge in [0.25, 0.3) is 10.1 Å². The molecule has 0 heterocycles. The van der Waals surface area contributed by atoms with Crippen LogP contribution < -0.4 is 5.73 Å². The van der Waals surface area contributed by atoms with Gasteiger partial charge < -0.3 is 10.8 Å². The molecule has 122 valence electrons. The second kappa shape index (κ2) is 6.23. The van der Waals surface area contributed by atoms with Crippen LogP contribution in [0.2, 0.25) is 0 Å². The lowest BCUT2D eigenvalue weighted by Crippen LogP contribution is -2.17. The van der Waals surface area contributed by atoms with E-state index in [0.29, 0.717) is 11.9 Å². The zero-order valence-electron chi connectivity index (χ0n) is 13.9. The summed E-state index contributed by atoms with van der Waals surface area (Å²) in [6, 6.07) is 3.93. The van der Waals surface area contributed by atoms with Gasteiger partial charge in [0.15, 0.2) is 0 Å². The van der Waals surface area contributed by atoms with Crippen molar-refractivity contribution in [2.45, 2.75) is 52.4 Å². The SMILES string of the molecule is CC(C)(C)c1cc(N)c(O)c(C(C)(C)C)c1.CS(=O)(=O)O. The third kappa shape index (κ3) is 7.34. The van der Waals surface area contributed by atoms with Crippen molar-refractivity contribution in [3.05, 3.63) is 23.3 Å². The summed E-state index contributed by atoms with van der Waals surface area (Å²) in [5, 5.41) is 10.00.